The zero-order valence-electron chi connectivity index (χ0n) is 21.7. The van der Waals surface area contributed by atoms with Gasteiger partial charge in [0, 0.05) is 17.7 Å². The molecule has 1 unspecified atom stereocenters. The number of aromatic nitrogens is 2. The lowest BCUT2D eigenvalue weighted by Gasteiger charge is -2.20. The third kappa shape index (κ3) is 5.76. The van der Waals surface area contributed by atoms with Crippen LogP contribution >= 0.6 is 0 Å². The van der Waals surface area contributed by atoms with Crippen molar-refractivity contribution in [3.05, 3.63) is 102 Å². The van der Waals surface area contributed by atoms with Crippen LogP contribution in [-0.4, -0.2) is 15.5 Å². The Balaban J connectivity index is 1.79. The number of hydrogen-bond acceptors (Lipinski definition) is 2. The van der Waals surface area contributed by atoms with Crippen molar-refractivity contribution in [2.75, 3.05) is 0 Å². The van der Waals surface area contributed by atoms with Crippen molar-refractivity contribution < 1.29 is 4.79 Å². The average Bonchev–Trinajstić information content (AvgIpc) is 3.32. The molecule has 3 aromatic carbocycles. The number of aryl methyl sites for hydroxylation is 1. The maximum absolute atomic E-state index is 14.0. The van der Waals surface area contributed by atoms with Crippen molar-refractivity contribution in [2.45, 2.75) is 65.5 Å². The first-order valence-electron chi connectivity index (χ1n) is 13.3. The number of rotatable bonds is 11. The maximum Gasteiger partial charge on any atom is 0.270 e. The van der Waals surface area contributed by atoms with Crippen LogP contribution in [0.1, 0.15) is 74.1 Å². The Labute approximate surface area is 215 Å². The van der Waals surface area contributed by atoms with Crippen molar-refractivity contribution in [1.82, 2.24) is 14.9 Å². The van der Waals surface area contributed by atoms with E-state index in [0.29, 0.717) is 12.2 Å². The van der Waals surface area contributed by atoms with Gasteiger partial charge in [-0.1, -0.05) is 118 Å². The molecule has 1 atom stereocenters. The largest absolute Gasteiger partial charge is 0.344 e. The molecule has 36 heavy (non-hydrogen) atoms. The third-order valence-electron chi connectivity index (χ3n) is 6.65. The van der Waals surface area contributed by atoms with Crippen LogP contribution in [0.15, 0.2) is 84.9 Å². The lowest BCUT2D eigenvalue weighted by Crippen LogP contribution is -2.31. The topological polar surface area (TPSA) is 46.9 Å². The average molecular weight is 480 g/mol. The molecular formula is C32H37N3O. The van der Waals surface area contributed by atoms with Gasteiger partial charge >= 0.3 is 0 Å². The number of hydrogen-bond donors (Lipinski definition) is 1. The Morgan fingerprint density at radius 3 is 2.11 bits per heavy atom. The highest BCUT2D eigenvalue weighted by Crippen LogP contribution is 2.31. The second kappa shape index (κ2) is 12.3. The Morgan fingerprint density at radius 1 is 0.833 bits per heavy atom. The van der Waals surface area contributed by atoms with Crippen molar-refractivity contribution in [2.24, 2.45) is 0 Å². The first kappa shape index (κ1) is 25.4. The lowest BCUT2D eigenvalue weighted by molar-refractivity contribution is 0.0925. The van der Waals surface area contributed by atoms with Gasteiger partial charge in [0.2, 0.25) is 0 Å². The van der Waals surface area contributed by atoms with E-state index < -0.39 is 0 Å². The predicted molar refractivity (Wildman–Crippen MR) is 149 cm³/mol. The summed E-state index contributed by atoms with van der Waals surface area (Å²) in [6.07, 6.45) is 5.18. The molecule has 1 amide bonds. The number of imidazole rings is 1. The Kier molecular flexibility index (Phi) is 8.72. The minimum absolute atomic E-state index is 0.0428. The van der Waals surface area contributed by atoms with Gasteiger partial charge in [-0.05, 0) is 30.9 Å². The lowest BCUT2D eigenvalue weighted by atomic mass is 10.0. The summed E-state index contributed by atoms with van der Waals surface area (Å²) in [7, 11) is 0. The maximum atomic E-state index is 14.0. The van der Waals surface area contributed by atoms with Crippen molar-refractivity contribution >= 4 is 5.91 Å². The van der Waals surface area contributed by atoms with Gasteiger partial charge in [0.05, 0.1) is 6.04 Å². The van der Waals surface area contributed by atoms with Gasteiger partial charge in [-0.15, -0.1) is 0 Å². The van der Waals surface area contributed by atoms with E-state index in [-0.39, 0.29) is 11.9 Å². The fraction of sp³-hybridized carbons (Fsp3) is 0.312. The summed E-state index contributed by atoms with van der Waals surface area (Å²) in [4.78, 5) is 19.1. The molecule has 4 nitrogen and oxygen atoms in total. The molecule has 1 heterocycles. The summed E-state index contributed by atoms with van der Waals surface area (Å²) in [6, 6.07) is 28.9. The molecule has 0 saturated carbocycles. The normalized spacial score (nSPS) is 11.9. The predicted octanol–water partition coefficient (Wildman–Crippen LogP) is 7.85. The molecule has 0 bridgehead atoms. The number of amides is 1. The van der Waals surface area contributed by atoms with Crippen LogP contribution in [0.3, 0.4) is 0 Å². The quantitative estimate of drug-likeness (QED) is 0.238. The van der Waals surface area contributed by atoms with E-state index in [2.05, 4.69) is 79.2 Å². The molecule has 1 aromatic heterocycles. The van der Waals surface area contributed by atoms with Crippen molar-refractivity contribution in [1.29, 1.82) is 0 Å². The molecule has 0 saturated heterocycles. The van der Waals surface area contributed by atoms with Gasteiger partial charge in [0.15, 0.2) is 0 Å². The van der Waals surface area contributed by atoms with Gasteiger partial charge < -0.3 is 9.88 Å². The summed E-state index contributed by atoms with van der Waals surface area (Å²) in [6.45, 7) is 7.10. The Hall–Kier alpha value is -3.66. The number of benzene rings is 3. The van der Waals surface area contributed by atoms with Gasteiger partial charge in [-0.3, -0.25) is 4.79 Å². The van der Waals surface area contributed by atoms with Crippen LogP contribution in [-0.2, 0) is 13.0 Å². The molecular weight excluding hydrogens is 442 g/mol. The van der Waals surface area contributed by atoms with E-state index >= 15 is 0 Å². The highest BCUT2D eigenvalue weighted by Gasteiger charge is 2.26. The van der Waals surface area contributed by atoms with Crippen LogP contribution in [0, 0.1) is 0 Å². The van der Waals surface area contributed by atoms with Gasteiger partial charge in [0.1, 0.15) is 17.2 Å². The molecule has 0 aliphatic rings. The summed E-state index contributed by atoms with van der Waals surface area (Å²) in [5.74, 6) is 0.741. The third-order valence-corrected chi connectivity index (χ3v) is 6.65. The number of carbonyl (C=O) groups is 1. The minimum Gasteiger partial charge on any atom is -0.344 e. The number of nitrogens with zero attached hydrogens (tertiary/aromatic N) is 2. The van der Waals surface area contributed by atoms with Crippen LogP contribution in [0.4, 0.5) is 0 Å². The highest BCUT2D eigenvalue weighted by atomic mass is 16.2. The van der Waals surface area contributed by atoms with Crippen LogP contribution in [0.2, 0.25) is 0 Å². The molecule has 1 N–H and O–H groups in total. The van der Waals surface area contributed by atoms with Crippen molar-refractivity contribution in [3.63, 3.8) is 0 Å². The fourth-order valence-electron chi connectivity index (χ4n) is 4.76. The van der Waals surface area contributed by atoms with E-state index in [1.54, 1.807) is 0 Å². The molecule has 0 aliphatic heterocycles. The molecule has 4 aromatic rings. The van der Waals surface area contributed by atoms with Crippen LogP contribution in [0.5, 0.6) is 0 Å². The zero-order chi connectivity index (χ0) is 25.3. The summed E-state index contributed by atoms with van der Waals surface area (Å²) in [5, 5.41) is 3.37. The molecule has 4 rings (SSSR count). The summed E-state index contributed by atoms with van der Waals surface area (Å²) < 4.78 is 2.06. The SMILES string of the molecule is CCCCC(NC(=O)c1c(-c2ccc(CCC)cc2)nc(-c2ccccc2)n1CC)c1ccccc1. The standard InChI is InChI=1S/C32H37N3O/c1-4-7-19-28(25-15-10-8-11-16-25)33-32(36)30-29(26-22-20-24(14-5-2)21-23-26)34-31(35(30)6-3)27-17-12-9-13-18-27/h8-13,15-18,20-23,28H,4-7,14,19H2,1-3H3,(H,33,36). The van der Waals surface area contributed by atoms with E-state index in [0.717, 1.165) is 60.3 Å². The zero-order valence-corrected chi connectivity index (χ0v) is 21.7. The summed E-state index contributed by atoms with van der Waals surface area (Å²) in [5.41, 5.74) is 5.77. The van der Waals surface area contributed by atoms with E-state index in [1.807, 2.05) is 36.4 Å². The second-order valence-electron chi connectivity index (χ2n) is 9.27. The highest BCUT2D eigenvalue weighted by molar-refractivity contribution is 5.99. The molecule has 0 radical (unpaired) electrons. The second-order valence-corrected chi connectivity index (χ2v) is 9.27. The van der Waals surface area contributed by atoms with Gasteiger partial charge in [-0.2, -0.15) is 0 Å². The van der Waals surface area contributed by atoms with Gasteiger partial charge in [-0.25, -0.2) is 4.98 Å². The first-order chi connectivity index (χ1) is 17.7. The minimum atomic E-state index is -0.0795. The van der Waals surface area contributed by atoms with Gasteiger partial charge in [0.25, 0.3) is 5.91 Å². The smallest absolute Gasteiger partial charge is 0.270 e. The molecule has 0 fully saturated rings. The van der Waals surface area contributed by atoms with Crippen LogP contribution < -0.4 is 5.32 Å². The molecule has 186 valence electrons. The Morgan fingerprint density at radius 2 is 1.50 bits per heavy atom. The van der Waals surface area contributed by atoms with E-state index in [9.17, 15) is 4.79 Å². The van der Waals surface area contributed by atoms with E-state index in [1.165, 1.54) is 5.56 Å². The summed E-state index contributed by atoms with van der Waals surface area (Å²) >= 11 is 0. The number of carbonyl (C=O) groups excluding carboxylic acids is 1. The van der Waals surface area contributed by atoms with Crippen LogP contribution in [0.25, 0.3) is 22.6 Å². The molecule has 0 aliphatic carbocycles. The first-order valence-corrected chi connectivity index (χ1v) is 13.3. The number of nitrogens with one attached hydrogen (secondary N) is 1. The molecule has 0 spiro atoms. The Bertz CT molecular complexity index is 1240. The van der Waals surface area contributed by atoms with Crippen molar-refractivity contribution in [3.8, 4) is 22.6 Å². The number of unbranched alkanes of at least 4 members (excludes halogenated alkanes) is 1. The van der Waals surface area contributed by atoms with E-state index in [4.69, 9.17) is 4.98 Å². The molecule has 4 heteroatoms. The monoisotopic (exact) mass is 479 g/mol. The fourth-order valence-corrected chi connectivity index (χ4v) is 4.76.